The number of hydrogen-bond donors (Lipinski definition) is 0. The molecule has 0 aromatic heterocycles. The lowest BCUT2D eigenvalue weighted by molar-refractivity contribution is 0.0236. The minimum absolute atomic E-state index is 0.0952. The van der Waals surface area contributed by atoms with E-state index in [1.807, 2.05) is 0 Å². The smallest absolute Gasteiger partial charge is 0.253 e. The maximum absolute atomic E-state index is 12.8. The Hall–Kier alpha value is -1.38. The van der Waals surface area contributed by atoms with E-state index in [1.165, 1.54) is 12.1 Å². The molecule has 1 heterocycles. The molecule has 0 atom stereocenters. The van der Waals surface area contributed by atoms with Gasteiger partial charge in [-0.05, 0) is 17.5 Å². The summed E-state index contributed by atoms with van der Waals surface area (Å²) in [6, 6.07) is 6.64. The summed E-state index contributed by atoms with van der Waals surface area (Å²) in [6.45, 7) is 5.70. The van der Waals surface area contributed by atoms with Crippen molar-refractivity contribution in [1.29, 1.82) is 0 Å². The number of carbonyl (C=O) groups excluding carboxylic acids is 1. The average molecular weight is 206 g/mol. The molecule has 0 unspecified atom stereocenters. The lowest BCUT2D eigenvalue weighted by atomic mass is 9.84. The van der Waals surface area contributed by atoms with Crippen LogP contribution >= 0.6 is 0 Å². The first kappa shape index (κ1) is 10.1. The first-order valence-electron chi connectivity index (χ1n) is 4.94. The zero-order valence-electron chi connectivity index (χ0n) is 8.88. The highest BCUT2D eigenvalue weighted by atomic mass is 19.1. The molecular weight excluding hydrogens is 193 g/mol. The van der Waals surface area contributed by atoms with Crippen LogP contribution in [0.5, 0.6) is 0 Å². The Morgan fingerprint density at radius 1 is 1.53 bits per heavy atom. The molecule has 1 saturated heterocycles. The van der Waals surface area contributed by atoms with Crippen molar-refractivity contribution in [2.45, 2.75) is 13.8 Å². The van der Waals surface area contributed by atoms with E-state index >= 15 is 0 Å². The van der Waals surface area contributed by atoms with Gasteiger partial charge in [0.05, 0.1) is 0 Å². The SMILES string of the molecule is CC1(C)CN(C(=O)c2cc[c]c(F)c2)C1. The highest BCUT2D eigenvalue weighted by Gasteiger charge is 2.37. The zero-order valence-corrected chi connectivity index (χ0v) is 8.88. The molecule has 3 heteroatoms. The molecule has 1 radical (unpaired) electrons. The van der Waals surface area contributed by atoms with Crippen LogP contribution in [0.3, 0.4) is 0 Å². The van der Waals surface area contributed by atoms with Crippen molar-refractivity contribution in [1.82, 2.24) is 4.90 Å². The largest absolute Gasteiger partial charge is 0.337 e. The van der Waals surface area contributed by atoms with Crippen molar-refractivity contribution >= 4 is 5.91 Å². The number of carbonyl (C=O) groups is 1. The first-order valence-corrected chi connectivity index (χ1v) is 4.94. The summed E-state index contributed by atoms with van der Waals surface area (Å²) < 4.78 is 12.8. The van der Waals surface area contributed by atoms with E-state index < -0.39 is 5.82 Å². The lowest BCUT2D eigenvalue weighted by Gasteiger charge is -2.45. The predicted octanol–water partition coefficient (Wildman–Crippen LogP) is 2.11. The number of nitrogens with zero attached hydrogens (tertiary/aromatic N) is 1. The maximum atomic E-state index is 12.8. The minimum Gasteiger partial charge on any atom is -0.337 e. The van der Waals surface area contributed by atoms with Crippen LogP contribution in [0.4, 0.5) is 4.39 Å². The summed E-state index contributed by atoms with van der Waals surface area (Å²) in [6.07, 6.45) is 0. The summed E-state index contributed by atoms with van der Waals surface area (Å²) in [5, 5.41) is 0. The van der Waals surface area contributed by atoms with Crippen LogP contribution in [0.1, 0.15) is 24.2 Å². The monoisotopic (exact) mass is 206 g/mol. The van der Waals surface area contributed by atoms with E-state index in [-0.39, 0.29) is 11.3 Å². The molecule has 0 aliphatic carbocycles. The van der Waals surface area contributed by atoms with Crippen LogP contribution in [-0.2, 0) is 0 Å². The molecule has 1 aromatic rings. The number of rotatable bonds is 1. The molecule has 1 aliphatic heterocycles. The molecule has 1 fully saturated rings. The van der Waals surface area contributed by atoms with Crippen LogP contribution in [0.25, 0.3) is 0 Å². The van der Waals surface area contributed by atoms with Crippen LogP contribution in [0, 0.1) is 17.3 Å². The predicted molar refractivity (Wildman–Crippen MR) is 54.9 cm³/mol. The molecule has 1 aliphatic rings. The fourth-order valence-electron chi connectivity index (χ4n) is 1.88. The van der Waals surface area contributed by atoms with Gasteiger partial charge in [-0.25, -0.2) is 4.39 Å². The van der Waals surface area contributed by atoms with Crippen molar-refractivity contribution in [2.75, 3.05) is 13.1 Å². The average Bonchev–Trinajstić information content (AvgIpc) is 2.13. The molecule has 2 rings (SSSR count). The van der Waals surface area contributed by atoms with Crippen molar-refractivity contribution in [3.63, 3.8) is 0 Å². The van der Waals surface area contributed by atoms with Gasteiger partial charge >= 0.3 is 0 Å². The quantitative estimate of drug-likeness (QED) is 0.689. The van der Waals surface area contributed by atoms with Gasteiger partial charge in [-0.1, -0.05) is 19.9 Å². The third-order valence-corrected chi connectivity index (χ3v) is 2.54. The molecule has 2 nitrogen and oxygen atoms in total. The minimum atomic E-state index is -0.486. The van der Waals surface area contributed by atoms with Crippen LogP contribution < -0.4 is 0 Å². The summed E-state index contributed by atoms with van der Waals surface area (Å²) >= 11 is 0. The van der Waals surface area contributed by atoms with E-state index in [1.54, 1.807) is 11.0 Å². The highest BCUT2D eigenvalue weighted by molar-refractivity contribution is 5.94. The van der Waals surface area contributed by atoms with E-state index in [9.17, 15) is 9.18 Å². The second kappa shape index (κ2) is 3.33. The van der Waals surface area contributed by atoms with E-state index in [2.05, 4.69) is 19.9 Å². The Balaban J connectivity index is 2.10. The number of likely N-dealkylation sites (tertiary alicyclic amines) is 1. The molecule has 0 saturated carbocycles. The standard InChI is InChI=1S/C12H13FNO/c1-12(2)7-14(8-12)11(15)9-4-3-5-10(13)6-9/h3-4,6H,7-8H2,1-2H3. The van der Waals surface area contributed by atoms with Gasteiger partial charge in [0, 0.05) is 24.7 Å². The van der Waals surface area contributed by atoms with Crippen molar-refractivity contribution in [3.8, 4) is 0 Å². The third kappa shape index (κ3) is 2.01. The second-order valence-electron chi connectivity index (χ2n) is 4.75. The summed E-state index contributed by atoms with van der Waals surface area (Å²) in [5.41, 5.74) is 0.608. The Kier molecular flexibility index (Phi) is 2.25. The van der Waals surface area contributed by atoms with E-state index in [0.717, 1.165) is 13.1 Å². The second-order valence-corrected chi connectivity index (χ2v) is 4.75. The Labute approximate surface area is 88.7 Å². The third-order valence-electron chi connectivity index (χ3n) is 2.54. The molecule has 79 valence electrons. The van der Waals surface area contributed by atoms with Crippen LogP contribution in [-0.4, -0.2) is 23.9 Å². The van der Waals surface area contributed by atoms with Gasteiger partial charge in [-0.2, -0.15) is 0 Å². The van der Waals surface area contributed by atoms with Gasteiger partial charge in [0.25, 0.3) is 5.91 Å². The fraction of sp³-hybridized carbons (Fsp3) is 0.417. The first-order chi connectivity index (χ1) is 6.98. The Morgan fingerprint density at radius 2 is 2.20 bits per heavy atom. The molecule has 15 heavy (non-hydrogen) atoms. The molecule has 0 spiro atoms. The Bertz CT molecular complexity index is 392. The van der Waals surface area contributed by atoms with Gasteiger partial charge in [0.15, 0.2) is 0 Å². The Morgan fingerprint density at radius 3 is 2.73 bits per heavy atom. The number of hydrogen-bond acceptors (Lipinski definition) is 1. The molecule has 0 N–H and O–H groups in total. The van der Waals surface area contributed by atoms with Gasteiger partial charge in [-0.15, -0.1) is 0 Å². The summed E-state index contributed by atoms with van der Waals surface area (Å²) in [5.74, 6) is -0.581. The van der Waals surface area contributed by atoms with Gasteiger partial charge < -0.3 is 4.90 Å². The summed E-state index contributed by atoms with van der Waals surface area (Å²) in [7, 11) is 0. The molecule has 0 bridgehead atoms. The van der Waals surface area contributed by atoms with Crippen molar-refractivity contribution < 1.29 is 9.18 Å². The topological polar surface area (TPSA) is 20.3 Å². The van der Waals surface area contributed by atoms with Crippen molar-refractivity contribution in [3.05, 3.63) is 35.6 Å². The van der Waals surface area contributed by atoms with Gasteiger partial charge in [0.2, 0.25) is 0 Å². The van der Waals surface area contributed by atoms with Crippen molar-refractivity contribution in [2.24, 2.45) is 5.41 Å². The molecule has 1 aromatic carbocycles. The number of halogens is 1. The lowest BCUT2D eigenvalue weighted by Crippen LogP contribution is -2.55. The molecular formula is C12H13FNO. The number of benzene rings is 1. The van der Waals surface area contributed by atoms with E-state index in [0.29, 0.717) is 5.56 Å². The number of amides is 1. The van der Waals surface area contributed by atoms with Gasteiger partial charge in [-0.3, -0.25) is 4.79 Å². The highest BCUT2D eigenvalue weighted by Crippen LogP contribution is 2.29. The van der Waals surface area contributed by atoms with Crippen LogP contribution in [0.2, 0.25) is 0 Å². The van der Waals surface area contributed by atoms with E-state index in [4.69, 9.17) is 0 Å². The normalized spacial score (nSPS) is 18.5. The van der Waals surface area contributed by atoms with Crippen LogP contribution in [0.15, 0.2) is 18.2 Å². The maximum Gasteiger partial charge on any atom is 0.253 e. The summed E-state index contributed by atoms with van der Waals surface area (Å²) in [4.78, 5) is 13.5. The zero-order chi connectivity index (χ0) is 11.1. The fourth-order valence-corrected chi connectivity index (χ4v) is 1.88. The molecule has 1 amide bonds. The van der Waals surface area contributed by atoms with Gasteiger partial charge in [0.1, 0.15) is 5.82 Å².